The van der Waals surface area contributed by atoms with Crippen molar-refractivity contribution >= 4 is 27.5 Å². The summed E-state index contributed by atoms with van der Waals surface area (Å²) in [5, 5.41) is 4.50. The molecule has 0 spiro atoms. The first-order valence-corrected chi connectivity index (χ1v) is 12.5. The molecule has 2 aliphatic rings. The lowest BCUT2D eigenvalue weighted by atomic mass is 9.74. The summed E-state index contributed by atoms with van der Waals surface area (Å²) >= 11 is 1.82. The van der Waals surface area contributed by atoms with Gasteiger partial charge in [0.05, 0.1) is 21.8 Å². The quantitative estimate of drug-likeness (QED) is 0.608. The normalized spacial score (nSPS) is 19.8. The lowest BCUT2D eigenvalue weighted by Gasteiger charge is -2.38. The van der Waals surface area contributed by atoms with Gasteiger partial charge < -0.3 is 10.1 Å². The Balaban J connectivity index is 1.14. The molecule has 1 aromatic heterocycles. The van der Waals surface area contributed by atoms with Crippen molar-refractivity contribution in [3.8, 4) is 0 Å². The number of nitrogens with one attached hydrogen (secondary N) is 1. The lowest BCUT2D eigenvalue weighted by molar-refractivity contribution is -0.123. The molecule has 1 amide bonds. The smallest absolute Gasteiger partial charge is 0.234 e. The van der Waals surface area contributed by atoms with Gasteiger partial charge in [0.15, 0.2) is 0 Å². The molecule has 5 nitrogen and oxygen atoms in total. The molecule has 0 atom stereocenters. The highest BCUT2D eigenvalue weighted by Crippen LogP contribution is 2.35. The highest BCUT2D eigenvalue weighted by Gasteiger charge is 2.35. The van der Waals surface area contributed by atoms with Crippen LogP contribution in [-0.2, 0) is 14.9 Å². The molecule has 0 radical (unpaired) electrons. The molecule has 168 valence electrons. The van der Waals surface area contributed by atoms with Gasteiger partial charge in [0, 0.05) is 31.1 Å². The van der Waals surface area contributed by atoms with Crippen LogP contribution in [0, 0.1) is 0 Å². The maximum Gasteiger partial charge on any atom is 0.234 e. The molecule has 5 rings (SSSR count). The zero-order valence-corrected chi connectivity index (χ0v) is 19.3. The van der Waals surface area contributed by atoms with Gasteiger partial charge in [0.25, 0.3) is 0 Å². The van der Waals surface area contributed by atoms with Gasteiger partial charge in [-0.2, -0.15) is 0 Å². The lowest BCUT2D eigenvalue weighted by Crippen LogP contribution is -2.47. The molecule has 2 fully saturated rings. The number of carbonyl (C=O) groups excluding carboxylic acids is 1. The van der Waals surface area contributed by atoms with Gasteiger partial charge in [-0.1, -0.05) is 42.5 Å². The molecule has 2 aliphatic heterocycles. The highest BCUT2D eigenvalue weighted by molar-refractivity contribution is 7.18. The predicted molar refractivity (Wildman–Crippen MR) is 129 cm³/mol. The summed E-state index contributed by atoms with van der Waals surface area (Å²) in [4.78, 5) is 19.9. The molecule has 2 aromatic carbocycles. The summed E-state index contributed by atoms with van der Waals surface area (Å²) in [6, 6.07) is 19.0. The van der Waals surface area contributed by atoms with E-state index in [1.165, 1.54) is 15.3 Å². The van der Waals surface area contributed by atoms with E-state index in [1.807, 2.05) is 17.4 Å². The largest absolute Gasteiger partial charge is 0.381 e. The monoisotopic (exact) mass is 449 g/mol. The summed E-state index contributed by atoms with van der Waals surface area (Å²) < 4.78 is 6.88. The molecule has 0 bridgehead atoms. The number of hydrogen-bond acceptors (Lipinski definition) is 5. The fourth-order valence-electron chi connectivity index (χ4n) is 5.05. The zero-order chi connectivity index (χ0) is 21.8. The van der Waals surface area contributed by atoms with Crippen LogP contribution in [0.4, 0.5) is 0 Å². The molecule has 3 heterocycles. The number of nitrogens with zero attached hydrogens (tertiary/aromatic N) is 2. The fourth-order valence-corrected chi connectivity index (χ4v) is 6.19. The number of likely N-dealkylation sites (tertiary alicyclic amines) is 1. The van der Waals surface area contributed by atoms with E-state index in [-0.39, 0.29) is 11.3 Å². The Labute approximate surface area is 193 Å². The number of piperidine rings is 1. The van der Waals surface area contributed by atoms with E-state index in [9.17, 15) is 4.79 Å². The first kappa shape index (κ1) is 21.6. The van der Waals surface area contributed by atoms with E-state index in [0.717, 1.165) is 57.5 Å². The van der Waals surface area contributed by atoms with Crippen LogP contribution in [0.15, 0.2) is 54.6 Å². The second-order valence-electron chi connectivity index (χ2n) is 9.11. The Bertz CT molecular complexity index is 1000. The summed E-state index contributed by atoms with van der Waals surface area (Å²) in [6.45, 7) is 4.57. The summed E-state index contributed by atoms with van der Waals surface area (Å²) in [5.41, 5.74) is 2.39. The number of amides is 1. The van der Waals surface area contributed by atoms with Gasteiger partial charge in [0.2, 0.25) is 5.91 Å². The van der Waals surface area contributed by atoms with Crippen LogP contribution in [0.3, 0.4) is 0 Å². The third-order valence-corrected chi connectivity index (χ3v) is 8.27. The van der Waals surface area contributed by atoms with Crippen molar-refractivity contribution in [2.75, 3.05) is 39.4 Å². The van der Waals surface area contributed by atoms with Crippen LogP contribution in [-0.4, -0.2) is 55.2 Å². The van der Waals surface area contributed by atoms with Crippen LogP contribution >= 0.6 is 11.3 Å². The number of benzene rings is 2. The molecule has 0 aliphatic carbocycles. The maximum absolute atomic E-state index is 12.8. The molecule has 32 heavy (non-hydrogen) atoms. The Morgan fingerprint density at radius 2 is 1.78 bits per heavy atom. The van der Waals surface area contributed by atoms with Gasteiger partial charge in [-0.15, -0.1) is 11.3 Å². The van der Waals surface area contributed by atoms with Crippen molar-refractivity contribution in [3.05, 3.63) is 65.2 Å². The fraction of sp³-hybridized carbons (Fsp3) is 0.462. The van der Waals surface area contributed by atoms with Gasteiger partial charge >= 0.3 is 0 Å². The molecule has 6 heteroatoms. The molecule has 3 aromatic rings. The third-order valence-electron chi connectivity index (χ3n) is 7.07. The molecule has 0 saturated carbocycles. The van der Waals surface area contributed by atoms with Gasteiger partial charge in [-0.25, -0.2) is 4.98 Å². The van der Waals surface area contributed by atoms with Crippen molar-refractivity contribution in [1.82, 2.24) is 15.2 Å². The number of rotatable bonds is 6. The SMILES string of the molecule is O=C(CN1CCC(c2nc3ccccc3s2)CC1)NCC1(c2ccccc2)CCOCC1. The number of carbonyl (C=O) groups is 1. The van der Waals surface area contributed by atoms with Crippen molar-refractivity contribution in [1.29, 1.82) is 0 Å². The van der Waals surface area contributed by atoms with Crippen LogP contribution in [0.5, 0.6) is 0 Å². The minimum absolute atomic E-state index is 0.0188. The Morgan fingerprint density at radius 3 is 2.53 bits per heavy atom. The van der Waals surface area contributed by atoms with E-state index in [4.69, 9.17) is 9.72 Å². The van der Waals surface area contributed by atoms with Gasteiger partial charge in [-0.05, 0) is 56.5 Å². The minimum Gasteiger partial charge on any atom is -0.381 e. The summed E-state index contributed by atoms with van der Waals surface area (Å²) in [6.07, 6.45) is 4.03. The second-order valence-corrected chi connectivity index (χ2v) is 10.2. The molecule has 0 unspecified atom stereocenters. The molecular formula is C26H31N3O2S. The number of hydrogen-bond donors (Lipinski definition) is 1. The Morgan fingerprint density at radius 1 is 1.06 bits per heavy atom. The topological polar surface area (TPSA) is 54.5 Å². The molecule has 2 saturated heterocycles. The standard InChI is InChI=1S/C26H31N3O2S/c30-24(27-19-26(12-16-31-17-13-26)21-6-2-1-3-7-21)18-29-14-10-20(11-15-29)25-28-22-8-4-5-9-23(22)32-25/h1-9,20H,10-19H2,(H,27,30). The number of para-hydroxylation sites is 1. The number of aromatic nitrogens is 1. The van der Waals surface area contributed by atoms with Crippen LogP contribution in [0.2, 0.25) is 0 Å². The highest BCUT2D eigenvalue weighted by atomic mass is 32.1. The summed E-state index contributed by atoms with van der Waals surface area (Å²) in [5.74, 6) is 0.639. The number of ether oxygens (including phenoxy) is 1. The van der Waals surface area contributed by atoms with Crippen LogP contribution < -0.4 is 5.32 Å². The number of thiazole rings is 1. The Hall–Kier alpha value is -2.28. The van der Waals surface area contributed by atoms with Crippen LogP contribution in [0.25, 0.3) is 10.2 Å². The van der Waals surface area contributed by atoms with Crippen molar-refractivity contribution in [2.45, 2.75) is 37.0 Å². The number of fused-ring (bicyclic) bond motifs is 1. The van der Waals surface area contributed by atoms with Gasteiger partial charge in [-0.3, -0.25) is 9.69 Å². The van der Waals surface area contributed by atoms with Crippen molar-refractivity contribution in [2.24, 2.45) is 0 Å². The molecular weight excluding hydrogens is 418 g/mol. The maximum atomic E-state index is 12.8. The van der Waals surface area contributed by atoms with Crippen molar-refractivity contribution in [3.63, 3.8) is 0 Å². The van der Waals surface area contributed by atoms with E-state index >= 15 is 0 Å². The van der Waals surface area contributed by atoms with E-state index in [2.05, 4.69) is 58.7 Å². The third kappa shape index (κ3) is 4.72. The average Bonchev–Trinajstić information content (AvgIpc) is 3.29. The van der Waals surface area contributed by atoms with E-state index in [0.29, 0.717) is 19.0 Å². The minimum atomic E-state index is -0.0188. The molecule has 1 N–H and O–H groups in total. The van der Waals surface area contributed by atoms with E-state index in [1.54, 1.807) is 0 Å². The van der Waals surface area contributed by atoms with E-state index < -0.39 is 0 Å². The van der Waals surface area contributed by atoms with Gasteiger partial charge in [0.1, 0.15) is 0 Å². The van der Waals surface area contributed by atoms with Crippen LogP contribution in [0.1, 0.15) is 42.2 Å². The second kappa shape index (κ2) is 9.69. The zero-order valence-electron chi connectivity index (χ0n) is 18.5. The van der Waals surface area contributed by atoms with Crippen molar-refractivity contribution < 1.29 is 9.53 Å². The first-order valence-electron chi connectivity index (χ1n) is 11.7. The Kier molecular flexibility index (Phi) is 6.53. The predicted octanol–water partition coefficient (Wildman–Crippen LogP) is 4.34. The summed E-state index contributed by atoms with van der Waals surface area (Å²) in [7, 11) is 0. The average molecular weight is 450 g/mol. The first-order chi connectivity index (χ1) is 15.7.